The minimum atomic E-state index is -3.79. The summed E-state index contributed by atoms with van der Waals surface area (Å²) in [4.78, 5) is 4.35. The zero-order valence-electron chi connectivity index (χ0n) is 11.7. The van der Waals surface area contributed by atoms with Gasteiger partial charge >= 0.3 is 0 Å². The molecule has 21 heavy (non-hydrogen) atoms. The molecule has 1 aromatic carbocycles. The van der Waals surface area contributed by atoms with E-state index < -0.39 is 10.0 Å². The van der Waals surface area contributed by atoms with Crippen LogP contribution >= 0.6 is 0 Å². The van der Waals surface area contributed by atoms with E-state index in [0.717, 1.165) is 11.3 Å². The summed E-state index contributed by atoms with van der Waals surface area (Å²) >= 11 is 0. The lowest BCUT2D eigenvalue weighted by molar-refractivity contribution is 0.596. The number of aryl methyl sites for hydroxylation is 1. The highest BCUT2D eigenvalue weighted by atomic mass is 32.2. The number of primary sulfonamides is 1. The fourth-order valence-electron chi connectivity index (χ4n) is 2.57. The molecule has 2 heterocycles. The van der Waals surface area contributed by atoms with Gasteiger partial charge in [-0.3, -0.25) is 4.68 Å². The van der Waals surface area contributed by atoms with Crippen molar-refractivity contribution in [3.05, 3.63) is 42.1 Å². The highest BCUT2D eigenvalue weighted by molar-refractivity contribution is 7.89. The van der Waals surface area contributed by atoms with Gasteiger partial charge in [-0.2, -0.15) is 5.10 Å². The number of benzene rings is 1. The normalized spacial score (nSPS) is 12.1. The average Bonchev–Trinajstić information content (AvgIpc) is 2.92. The molecule has 0 bridgehead atoms. The van der Waals surface area contributed by atoms with Gasteiger partial charge in [0.25, 0.3) is 0 Å². The van der Waals surface area contributed by atoms with E-state index >= 15 is 0 Å². The Balaban J connectivity index is 2.29. The fourth-order valence-corrected chi connectivity index (χ4v) is 3.57. The van der Waals surface area contributed by atoms with E-state index in [1.165, 1.54) is 6.33 Å². The minimum Gasteiger partial charge on any atom is -0.336 e. The quantitative estimate of drug-likeness (QED) is 0.773. The van der Waals surface area contributed by atoms with Gasteiger partial charge in [-0.05, 0) is 13.0 Å². The Kier molecular flexibility index (Phi) is 3.07. The van der Waals surface area contributed by atoms with Gasteiger partial charge in [-0.1, -0.05) is 18.2 Å². The number of hydrogen-bond acceptors (Lipinski definition) is 4. The van der Waals surface area contributed by atoms with Gasteiger partial charge in [0.05, 0.1) is 12.1 Å². The zero-order chi connectivity index (χ0) is 15.2. The van der Waals surface area contributed by atoms with Crippen molar-refractivity contribution in [2.75, 3.05) is 0 Å². The van der Waals surface area contributed by atoms with Gasteiger partial charge in [-0.15, -0.1) is 0 Å². The van der Waals surface area contributed by atoms with E-state index in [1.807, 2.05) is 16.7 Å². The maximum Gasteiger partial charge on any atom is 0.240 e. The van der Waals surface area contributed by atoms with Gasteiger partial charge in [0, 0.05) is 18.1 Å². The summed E-state index contributed by atoms with van der Waals surface area (Å²) in [6.45, 7) is 2.18. The van der Waals surface area contributed by atoms with E-state index in [4.69, 9.17) is 5.14 Å². The van der Waals surface area contributed by atoms with Crippen molar-refractivity contribution in [1.82, 2.24) is 19.3 Å². The first kappa shape index (κ1) is 13.8. The summed E-state index contributed by atoms with van der Waals surface area (Å²) in [7, 11) is -2.00. The van der Waals surface area contributed by atoms with Crippen LogP contribution in [0.15, 0.2) is 35.5 Å². The van der Waals surface area contributed by atoms with Gasteiger partial charge < -0.3 is 4.57 Å². The molecule has 0 radical (unpaired) electrons. The first-order valence-electron chi connectivity index (χ1n) is 6.33. The van der Waals surface area contributed by atoms with Gasteiger partial charge in [0.2, 0.25) is 10.0 Å². The van der Waals surface area contributed by atoms with Crippen LogP contribution < -0.4 is 5.14 Å². The number of fused-ring (bicyclic) bond motifs is 1. The molecule has 3 aromatic rings. The molecular formula is C13H15N5O2S. The molecule has 0 atom stereocenters. The predicted molar refractivity (Wildman–Crippen MR) is 78.2 cm³/mol. The summed E-state index contributed by atoms with van der Waals surface area (Å²) in [6, 6.07) is 7.29. The first-order chi connectivity index (χ1) is 9.89. The number of para-hydroxylation sites is 1. The van der Waals surface area contributed by atoms with Crippen LogP contribution in [-0.2, 0) is 23.6 Å². The number of sulfonamides is 1. The molecule has 0 aliphatic carbocycles. The van der Waals surface area contributed by atoms with Crippen LogP contribution in [0.1, 0.15) is 11.5 Å². The summed E-state index contributed by atoms with van der Waals surface area (Å²) < 4.78 is 27.3. The molecule has 0 saturated carbocycles. The first-order valence-corrected chi connectivity index (χ1v) is 7.87. The topological polar surface area (TPSA) is 95.8 Å². The van der Waals surface area contributed by atoms with Crippen LogP contribution in [0, 0.1) is 6.92 Å². The molecule has 0 unspecified atom stereocenters. The van der Waals surface area contributed by atoms with Crippen molar-refractivity contribution in [3.8, 4) is 0 Å². The van der Waals surface area contributed by atoms with Gasteiger partial charge in [-0.25, -0.2) is 18.5 Å². The third-order valence-corrected chi connectivity index (χ3v) is 4.65. The van der Waals surface area contributed by atoms with Crippen molar-refractivity contribution in [2.24, 2.45) is 12.2 Å². The molecule has 3 rings (SSSR count). The van der Waals surface area contributed by atoms with E-state index in [9.17, 15) is 8.42 Å². The summed E-state index contributed by atoms with van der Waals surface area (Å²) in [5, 5.41) is 10.0. The van der Waals surface area contributed by atoms with Crippen LogP contribution in [0.4, 0.5) is 0 Å². The Labute approximate surface area is 122 Å². The molecule has 8 heteroatoms. The zero-order valence-corrected chi connectivity index (χ0v) is 12.5. The summed E-state index contributed by atoms with van der Waals surface area (Å²) in [5.41, 5.74) is 1.41. The van der Waals surface area contributed by atoms with Crippen molar-refractivity contribution in [2.45, 2.75) is 18.4 Å². The molecule has 2 aromatic heterocycles. The third kappa shape index (κ3) is 2.22. The van der Waals surface area contributed by atoms with Crippen LogP contribution in [0.2, 0.25) is 0 Å². The van der Waals surface area contributed by atoms with Crippen LogP contribution in [0.5, 0.6) is 0 Å². The molecule has 110 valence electrons. The van der Waals surface area contributed by atoms with Crippen molar-refractivity contribution in [3.63, 3.8) is 0 Å². The Bertz CT molecular complexity index is 923. The molecule has 0 aliphatic rings. The fraction of sp³-hybridized carbons (Fsp3) is 0.231. The molecular weight excluding hydrogens is 290 g/mol. The Morgan fingerprint density at radius 2 is 2.00 bits per heavy atom. The molecule has 0 amide bonds. The molecule has 0 aliphatic heterocycles. The SMILES string of the molecule is Cc1c(S(N)(=O)=O)c2ccccc2n1Cc1ncnn1C. The van der Waals surface area contributed by atoms with E-state index in [1.54, 1.807) is 30.8 Å². The third-order valence-electron chi connectivity index (χ3n) is 3.56. The highest BCUT2D eigenvalue weighted by Gasteiger charge is 2.22. The number of nitrogens with two attached hydrogens (primary N) is 1. The van der Waals surface area contributed by atoms with Crippen molar-refractivity contribution >= 4 is 20.9 Å². The molecule has 0 fully saturated rings. The smallest absolute Gasteiger partial charge is 0.240 e. The maximum atomic E-state index is 11.9. The Morgan fingerprint density at radius 3 is 2.62 bits per heavy atom. The second-order valence-corrected chi connectivity index (χ2v) is 6.36. The highest BCUT2D eigenvalue weighted by Crippen LogP contribution is 2.29. The van der Waals surface area contributed by atoms with Crippen molar-refractivity contribution < 1.29 is 8.42 Å². The van der Waals surface area contributed by atoms with E-state index in [0.29, 0.717) is 17.6 Å². The van der Waals surface area contributed by atoms with Crippen LogP contribution in [0.3, 0.4) is 0 Å². The average molecular weight is 305 g/mol. The molecule has 0 saturated heterocycles. The molecule has 2 N–H and O–H groups in total. The second-order valence-electron chi connectivity index (χ2n) is 4.86. The van der Waals surface area contributed by atoms with Crippen molar-refractivity contribution in [1.29, 1.82) is 0 Å². The maximum absolute atomic E-state index is 11.9. The van der Waals surface area contributed by atoms with Crippen LogP contribution in [-0.4, -0.2) is 27.7 Å². The largest absolute Gasteiger partial charge is 0.336 e. The monoisotopic (exact) mass is 305 g/mol. The van der Waals surface area contributed by atoms with Crippen LogP contribution in [0.25, 0.3) is 10.9 Å². The number of aromatic nitrogens is 4. The summed E-state index contributed by atoms with van der Waals surface area (Å²) in [5.74, 6) is 0.736. The standard InChI is InChI=1S/C13H15N5O2S/c1-9-13(21(14,19)20)10-5-3-4-6-11(10)18(9)7-12-15-8-16-17(12)2/h3-6,8H,7H2,1-2H3,(H2,14,19,20). The Hall–Kier alpha value is -2.19. The predicted octanol–water partition coefficient (Wildman–Crippen LogP) is 0.774. The lowest BCUT2D eigenvalue weighted by atomic mass is 10.2. The lowest BCUT2D eigenvalue weighted by Crippen LogP contribution is -2.14. The van der Waals surface area contributed by atoms with Gasteiger partial charge in [0.15, 0.2) is 0 Å². The summed E-state index contributed by atoms with van der Waals surface area (Å²) in [6.07, 6.45) is 1.47. The van der Waals surface area contributed by atoms with E-state index in [-0.39, 0.29) is 4.90 Å². The number of nitrogens with zero attached hydrogens (tertiary/aromatic N) is 4. The molecule has 0 spiro atoms. The Morgan fingerprint density at radius 1 is 1.29 bits per heavy atom. The molecule has 7 nitrogen and oxygen atoms in total. The second kappa shape index (κ2) is 4.68. The number of rotatable bonds is 3. The van der Waals surface area contributed by atoms with Gasteiger partial charge in [0.1, 0.15) is 17.0 Å². The van der Waals surface area contributed by atoms with E-state index in [2.05, 4.69) is 10.1 Å². The minimum absolute atomic E-state index is 0.167. The lowest BCUT2D eigenvalue weighted by Gasteiger charge is -2.07. The number of hydrogen-bond donors (Lipinski definition) is 1.